The molecule has 0 aliphatic heterocycles. The van der Waals surface area contributed by atoms with Crippen LogP contribution in [0.3, 0.4) is 0 Å². The Morgan fingerprint density at radius 3 is 2.44 bits per heavy atom. The van der Waals surface area contributed by atoms with Crippen molar-refractivity contribution < 1.29 is 0 Å². The number of nitrogens with zero attached hydrogens (tertiary/aromatic N) is 3. The molecule has 0 radical (unpaired) electrons. The van der Waals surface area contributed by atoms with Crippen molar-refractivity contribution in [2.75, 3.05) is 19.0 Å². The van der Waals surface area contributed by atoms with Crippen LogP contribution >= 0.6 is 23.2 Å². The number of benzene rings is 1. The van der Waals surface area contributed by atoms with Crippen molar-refractivity contribution in [3.63, 3.8) is 0 Å². The first-order valence-electron chi connectivity index (χ1n) is 4.80. The average Bonchev–Trinajstić information content (AvgIpc) is 2.14. The molecule has 1 heterocycles. The van der Waals surface area contributed by atoms with E-state index in [1.54, 1.807) is 6.07 Å². The average molecular weight is 256 g/mol. The normalized spacial score (nSPS) is 10.8. The molecule has 0 saturated carbocycles. The SMILES string of the molecule is Cc1cc(Cl)cc2nc(Cl)nc(N(C)C)c12. The third-order valence-electron chi connectivity index (χ3n) is 2.34. The van der Waals surface area contributed by atoms with E-state index in [0.717, 1.165) is 22.3 Å². The van der Waals surface area contributed by atoms with Crippen LogP contribution in [0.25, 0.3) is 10.9 Å². The summed E-state index contributed by atoms with van der Waals surface area (Å²) in [5.74, 6) is 0.809. The van der Waals surface area contributed by atoms with Crippen LogP contribution in [-0.4, -0.2) is 24.1 Å². The standard InChI is InChI=1S/C11H11Cl2N3/c1-6-4-7(12)5-8-9(6)10(16(2)3)15-11(13)14-8/h4-5H,1-3H3. The molecule has 16 heavy (non-hydrogen) atoms. The lowest BCUT2D eigenvalue weighted by molar-refractivity contribution is 1.06. The summed E-state index contributed by atoms with van der Waals surface area (Å²) in [6, 6.07) is 3.69. The molecule has 3 nitrogen and oxygen atoms in total. The molecular weight excluding hydrogens is 245 g/mol. The van der Waals surface area contributed by atoms with Gasteiger partial charge in [0.2, 0.25) is 5.28 Å². The molecule has 0 fully saturated rings. The number of rotatable bonds is 1. The van der Waals surface area contributed by atoms with Crippen LogP contribution in [-0.2, 0) is 0 Å². The smallest absolute Gasteiger partial charge is 0.224 e. The topological polar surface area (TPSA) is 29.0 Å². The van der Waals surface area contributed by atoms with E-state index in [1.165, 1.54) is 0 Å². The third kappa shape index (κ3) is 1.93. The number of aryl methyl sites for hydroxylation is 1. The first-order chi connectivity index (χ1) is 7.49. The van der Waals surface area contributed by atoms with Gasteiger partial charge in [-0.15, -0.1) is 0 Å². The van der Waals surface area contributed by atoms with E-state index in [0.29, 0.717) is 5.02 Å². The second kappa shape index (κ2) is 4.07. The molecule has 0 aliphatic carbocycles. The Hall–Kier alpha value is -1.06. The van der Waals surface area contributed by atoms with Crippen molar-refractivity contribution in [2.24, 2.45) is 0 Å². The van der Waals surface area contributed by atoms with Crippen molar-refractivity contribution in [1.29, 1.82) is 0 Å². The van der Waals surface area contributed by atoms with Gasteiger partial charge in [0.05, 0.1) is 5.52 Å². The fraction of sp³-hybridized carbons (Fsp3) is 0.273. The van der Waals surface area contributed by atoms with Crippen LogP contribution in [0.5, 0.6) is 0 Å². The highest BCUT2D eigenvalue weighted by Crippen LogP contribution is 2.29. The number of hydrogen-bond donors (Lipinski definition) is 0. The van der Waals surface area contributed by atoms with E-state index in [9.17, 15) is 0 Å². The van der Waals surface area contributed by atoms with Gasteiger partial charge in [-0.05, 0) is 36.2 Å². The van der Waals surface area contributed by atoms with Crippen LogP contribution in [0.2, 0.25) is 10.3 Å². The maximum Gasteiger partial charge on any atom is 0.224 e. The number of hydrogen-bond acceptors (Lipinski definition) is 3. The zero-order chi connectivity index (χ0) is 11.9. The van der Waals surface area contributed by atoms with Gasteiger partial charge < -0.3 is 4.90 Å². The highest BCUT2D eigenvalue weighted by molar-refractivity contribution is 6.32. The van der Waals surface area contributed by atoms with Crippen molar-refractivity contribution in [3.05, 3.63) is 28.0 Å². The Morgan fingerprint density at radius 2 is 1.81 bits per heavy atom. The zero-order valence-corrected chi connectivity index (χ0v) is 10.8. The summed E-state index contributed by atoms with van der Waals surface area (Å²) in [5.41, 5.74) is 1.82. The monoisotopic (exact) mass is 255 g/mol. The summed E-state index contributed by atoms with van der Waals surface area (Å²) in [7, 11) is 3.85. The number of anilines is 1. The maximum atomic E-state index is 5.99. The lowest BCUT2D eigenvalue weighted by Gasteiger charge is -2.15. The van der Waals surface area contributed by atoms with Crippen molar-refractivity contribution in [3.8, 4) is 0 Å². The summed E-state index contributed by atoms with van der Waals surface area (Å²) < 4.78 is 0. The zero-order valence-electron chi connectivity index (χ0n) is 9.25. The van der Waals surface area contributed by atoms with Crippen LogP contribution in [0.15, 0.2) is 12.1 Å². The Bertz CT molecular complexity index is 547. The Labute approximate surface area is 104 Å². The lowest BCUT2D eigenvalue weighted by atomic mass is 10.1. The number of aromatic nitrogens is 2. The minimum atomic E-state index is 0.234. The van der Waals surface area contributed by atoms with Gasteiger partial charge in [0, 0.05) is 24.5 Å². The molecule has 2 aromatic rings. The quantitative estimate of drug-likeness (QED) is 0.733. The molecule has 0 N–H and O–H groups in total. The Kier molecular flexibility index (Phi) is 2.91. The predicted octanol–water partition coefficient (Wildman–Crippen LogP) is 3.31. The molecule has 5 heteroatoms. The van der Waals surface area contributed by atoms with Gasteiger partial charge in [-0.3, -0.25) is 0 Å². The van der Waals surface area contributed by atoms with Gasteiger partial charge in [-0.2, -0.15) is 4.98 Å². The Morgan fingerprint density at radius 1 is 1.12 bits per heavy atom. The minimum Gasteiger partial charge on any atom is -0.362 e. The van der Waals surface area contributed by atoms with Crippen molar-refractivity contribution >= 4 is 39.9 Å². The molecule has 0 aliphatic rings. The molecule has 1 aromatic heterocycles. The van der Waals surface area contributed by atoms with Crippen LogP contribution in [0.1, 0.15) is 5.56 Å². The van der Waals surface area contributed by atoms with Crippen molar-refractivity contribution in [2.45, 2.75) is 6.92 Å². The fourth-order valence-electron chi connectivity index (χ4n) is 1.70. The Balaban J connectivity index is 2.90. The molecule has 1 aromatic carbocycles. The molecule has 0 unspecified atom stereocenters. The molecule has 0 saturated heterocycles. The first kappa shape index (κ1) is 11.4. The molecule has 0 bridgehead atoms. The van der Waals surface area contributed by atoms with Gasteiger partial charge >= 0.3 is 0 Å². The first-order valence-corrected chi connectivity index (χ1v) is 5.55. The molecule has 84 valence electrons. The van der Waals surface area contributed by atoms with Gasteiger partial charge in [-0.25, -0.2) is 4.98 Å². The molecule has 0 spiro atoms. The van der Waals surface area contributed by atoms with E-state index in [2.05, 4.69) is 9.97 Å². The van der Waals surface area contributed by atoms with E-state index < -0.39 is 0 Å². The summed E-state index contributed by atoms with van der Waals surface area (Å²) in [6.45, 7) is 1.98. The lowest BCUT2D eigenvalue weighted by Crippen LogP contribution is -2.12. The van der Waals surface area contributed by atoms with Crippen LogP contribution in [0, 0.1) is 6.92 Å². The van der Waals surface area contributed by atoms with E-state index in [4.69, 9.17) is 23.2 Å². The van der Waals surface area contributed by atoms with Crippen LogP contribution < -0.4 is 4.90 Å². The maximum absolute atomic E-state index is 5.99. The highest BCUT2D eigenvalue weighted by Gasteiger charge is 2.11. The molecule has 2 rings (SSSR count). The minimum absolute atomic E-state index is 0.234. The molecule has 0 atom stereocenters. The van der Waals surface area contributed by atoms with Gasteiger partial charge in [0.25, 0.3) is 0 Å². The molecule has 0 amide bonds. The molecular formula is C11H11Cl2N3. The second-order valence-corrected chi connectivity index (χ2v) is 4.60. The predicted molar refractivity (Wildman–Crippen MR) is 68.6 cm³/mol. The van der Waals surface area contributed by atoms with E-state index in [1.807, 2.05) is 32.0 Å². The summed E-state index contributed by atoms with van der Waals surface area (Å²) >= 11 is 11.9. The number of halogens is 2. The van der Waals surface area contributed by atoms with Gasteiger partial charge in [-0.1, -0.05) is 11.6 Å². The summed E-state index contributed by atoms with van der Waals surface area (Å²) in [6.07, 6.45) is 0. The second-order valence-electron chi connectivity index (χ2n) is 3.83. The third-order valence-corrected chi connectivity index (χ3v) is 2.72. The highest BCUT2D eigenvalue weighted by atomic mass is 35.5. The van der Waals surface area contributed by atoms with Crippen LogP contribution in [0.4, 0.5) is 5.82 Å². The van der Waals surface area contributed by atoms with Gasteiger partial charge in [0.15, 0.2) is 0 Å². The fourth-order valence-corrected chi connectivity index (χ4v) is 2.13. The summed E-state index contributed by atoms with van der Waals surface area (Å²) in [4.78, 5) is 10.3. The van der Waals surface area contributed by atoms with Crippen molar-refractivity contribution in [1.82, 2.24) is 9.97 Å². The van der Waals surface area contributed by atoms with E-state index in [-0.39, 0.29) is 5.28 Å². The number of fused-ring (bicyclic) bond motifs is 1. The van der Waals surface area contributed by atoms with Gasteiger partial charge in [0.1, 0.15) is 5.82 Å². The van der Waals surface area contributed by atoms with E-state index >= 15 is 0 Å². The largest absolute Gasteiger partial charge is 0.362 e. The summed E-state index contributed by atoms with van der Waals surface area (Å²) in [5, 5.41) is 1.88.